The van der Waals surface area contributed by atoms with Gasteiger partial charge in [0.05, 0.1) is 12.1 Å². The van der Waals surface area contributed by atoms with Gasteiger partial charge in [-0.15, -0.1) is 0 Å². The first-order valence-electron chi connectivity index (χ1n) is 7.01. The SMILES string of the molecule is COc1ccc(C(=O)NC(=O)COC(=O)c2c(F)cccc2Cl)cc1. The van der Waals surface area contributed by atoms with Crippen LogP contribution in [0.5, 0.6) is 5.75 Å². The molecule has 8 heteroatoms. The standard InChI is InChI=1S/C17H13ClFNO5/c1-24-11-7-5-10(6-8-11)16(22)20-14(21)9-25-17(23)15-12(18)3-2-4-13(15)19/h2-8H,9H2,1H3,(H,20,21,22). The Labute approximate surface area is 147 Å². The van der Waals surface area contributed by atoms with Gasteiger partial charge in [-0.1, -0.05) is 17.7 Å². The van der Waals surface area contributed by atoms with Gasteiger partial charge in [-0.2, -0.15) is 0 Å². The summed E-state index contributed by atoms with van der Waals surface area (Å²) in [6.07, 6.45) is 0. The Morgan fingerprint density at radius 1 is 1.12 bits per heavy atom. The number of amides is 2. The Morgan fingerprint density at radius 2 is 1.80 bits per heavy atom. The number of halogens is 2. The molecule has 0 atom stereocenters. The van der Waals surface area contributed by atoms with Crippen LogP contribution in [0.25, 0.3) is 0 Å². The van der Waals surface area contributed by atoms with Gasteiger partial charge in [0.2, 0.25) is 0 Å². The van der Waals surface area contributed by atoms with Gasteiger partial charge >= 0.3 is 5.97 Å². The molecule has 25 heavy (non-hydrogen) atoms. The second-order valence-electron chi connectivity index (χ2n) is 4.78. The summed E-state index contributed by atoms with van der Waals surface area (Å²) in [7, 11) is 1.48. The van der Waals surface area contributed by atoms with Crippen molar-refractivity contribution in [2.24, 2.45) is 0 Å². The highest BCUT2D eigenvalue weighted by atomic mass is 35.5. The number of carbonyl (C=O) groups excluding carboxylic acids is 3. The van der Waals surface area contributed by atoms with Crippen molar-refractivity contribution in [3.63, 3.8) is 0 Å². The molecule has 2 amide bonds. The normalized spacial score (nSPS) is 10.0. The highest BCUT2D eigenvalue weighted by Crippen LogP contribution is 2.19. The Bertz CT molecular complexity index is 787. The van der Waals surface area contributed by atoms with Crippen LogP contribution in [0, 0.1) is 5.82 Å². The molecule has 0 bridgehead atoms. The second-order valence-corrected chi connectivity index (χ2v) is 5.19. The number of methoxy groups -OCH3 is 1. The Hall–Kier alpha value is -2.93. The van der Waals surface area contributed by atoms with Crippen LogP contribution in [-0.4, -0.2) is 31.5 Å². The summed E-state index contributed by atoms with van der Waals surface area (Å²) in [6.45, 7) is -0.759. The van der Waals surface area contributed by atoms with Crippen LogP contribution in [0.3, 0.4) is 0 Å². The number of imide groups is 1. The van der Waals surface area contributed by atoms with Crippen LogP contribution in [0.4, 0.5) is 4.39 Å². The molecule has 1 N–H and O–H groups in total. The predicted molar refractivity (Wildman–Crippen MR) is 87.2 cm³/mol. The third-order valence-corrected chi connectivity index (χ3v) is 3.42. The van der Waals surface area contributed by atoms with E-state index in [0.717, 1.165) is 6.07 Å². The molecule has 0 saturated carbocycles. The summed E-state index contributed by atoms with van der Waals surface area (Å²) < 4.78 is 23.2. The Morgan fingerprint density at radius 3 is 2.40 bits per heavy atom. The molecule has 0 aliphatic rings. The first kappa shape index (κ1) is 18.4. The molecule has 0 aliphatic carbocycles. The lowest BCUT2D eigenvalue weighted by Crippen LogP contribution is -2.34. The lowest BCUT2D eigenvalue weighted by Gasteiger charge is -2.08. The number of nitrogens with one attached hydrogen (secondary N) is 1. The van der Waals surface area contributed by atoms with Crippen molar-refractivity contribution < 1.29 is 28.2 Å². The van der Waals surface area contributed by atoms with Gasteiger partial charge in [0.15, 0.2) is 6.61 Å². The summed E-state index contributed by atoms with van der Waals surface area (Å²) in [6, 6.07) is 9.72. The van der Waals surface area contributed by atoms with Crippen molar-refractivity contribution in [3.8, 4) is 5.75 Å². The van der Waals surface area contributed by atoms with Crippen LogP contribution in [0.2, 0.25) is 5.02 Å². The zero-order valence-electron chi connectivity index (χ0n) is 13.0. The number of rotatable bonds is 5. The predicted octanol–water partition coefficient (Wildman–Crippen LogP) is 2.60. The number of hydrogen-bond acceptors (Lipinski definition) is 5. The molecule has 0 unspecified atom stereocenters. The summed E-state index contributed by atoms with van der Waals surface area (Å²) in [5, 5.41) is 1.91. The lowest BCUT2D eigenvalue weighted by atomic mass is 10.2. The molecule has 0 heterocycles. The van der Waals surface area contributed by atoms with Crippen molar-refractivity contribution in [1.29, 1.82) is 0 Å². The van der Waals surface area contributed by atoms with E-state index in [1.165, 1.54) is 31.4 Å². The summed E-state index contributed by atoms with van der Waals surface area (Å²) >= 11 is 5.72. The van der Waals surface area contributed by atoms with Gasteiger partial charge in [0, 0.05) is 5.56 Å². The van der Waals surface area contributed by atoms with Gasteiger partial charge in [0.25, 0.3) is 11.8 Å². The maximum Gasteiger partial charge on any atom is 0.343 e. The molecule has 2 rings (SSSR count). The van der Waals surface area contributed by atoms with Crippen LogP contribution in [-0.2, 0) is 9.53 Å². The number of benzene rings is 2. The molecule has 2 aromatic rings. The minimum atomic E-state index is -1.10. The van der Waals surface area contributed by atoms with E-state index in [1.807, 2.05) is 5.32 Å². The Balaban J connectivity index is 1.91. The number of esters is 1. The highest BCUT2D eigenvalue weighted by molar-refractivity contribution is 6.33. The van der Waals surface area contributed by atoms with Crippen molar-refractivity contribution in [2.75, 3.05) is 13.7 Å². The van der Waals surface area contributed by atoms with Crippen molar-refractivity contribution in [2.45, 2.75) is 0 Å². The quantitative estimate of drug-likeness (QED) is 0.824. The largest absolute Gasteiger partial charge is 0.497 e. The fourth-order valence-electron chi connectivity index (χ4n) is 1.87. The molecule has 130 valence electrons. The molecule has 0 fully saturated rings. The molecule has 2 aromatic carbocycles. The maximum absolute atomic E-state index is 13.6. The molecule has 0 saturated heterocycles. The second kappa shape index (κ2) is 8.25. The van der Waals surface area contributed by atoms with E-state index in [9.17, 15) is 18.8 Å². The zero-order valence-corrected chi connectivity index (χ0v) is 13.8. The Kier molecular flexibility index (Phi) is 6.08. The first-order valence-corrected chi connectivity index (χ1v) is 7.39. The fraction of sp³-hybridized carbons (Fsp3) is 0.118. The smallest absolute Gasteiger partial charge is 0.343 e. The third kappa shape index (κ3) is 4.77. The minimum Gasteiger partial charge on any atom is -0.497 e. The molecule has 0 aliphatic heterocycles. The molecule has 6 nitrogen and oxygen atoms in total. The summed E-state index contributed by atoms with van der Waals surface area (Å²) in [5.41, 5.74) is -0.254. The molecule has 0 aromatic heterocycles. The van der Waals surface area contributed by atoms with Gasteiger partial charge in [0.1, 0.15) is 17.1 Å². The number of carbonyl (C=O) groups is 3. The van der Waals surface area contributed by atoms with Gasteiger partial charge in [-0.25, -0.2) is 9.18 Å². The minimum absolute atomic E-state index is 0.139. The maximum atomic E-state index is 13.6. The molecule has 0 spiro atoms. The van der Waals surface area contributed by atoms with E-state index >= 15 is 0 Å². The van der Waals surface area contributed by atoms with E-state index in [2.05, 4.69) is 4.74 Å². The van der Waals surface area contributed by atoms with E-state index in [4.69, 9.17) is 16.3 Å². The van der Waals surface area contributed by atoms with Gasteiger partial charge in [-0.3, -0.25) is 14.9 Å². The van der Waals surface area contributed by atoms with Gasteiger partial charge in [-0.05, 0) is 36.4 Å². The van der Waals surface area contributed by atoms with Crippen LogP contribution in [0.15, 0.2) is 42.5 Å². The van der Waals surface area contributed by atoms with E-state index in [0.29, 0.717) is 5.75 Å². The van der Waals surface area contributed by atoms with E-state index < -0.39 is 35.8 Å². The van der Waals surface area contributed by atoms with Crippen LogP contribution in [0.1, 0.15) is 20.7 Å². The average Bonchev–Trinajstić information content (AvgIpc) is 2.60. The summed E-state index contributed by atoms with van der Waals surface area (Å²) in [5.74, 6) is -2.95. The highest BCUT2D eigenvalue weighted by Gasteiger charge is 2.19. The van der Waals surface area contributed by atoms with Crippen molar-refractivity contribution in [3.05, 3.63) is 64.4 Å². The lowest BCUT2D eigenvalue weighted by molar-refractivity contribution is -0.123. The van der Waals surface area contributed by atoms with Crippen molar-refractivity contribution in [1.82, 2.24) is 5.32 Å². The number of hydrogen-bond donors (Lipinski definition) is 1. The molecular weight excluding hydrogens is 353 g/mol. The molecular formula is C17H13ClFNO5. The van der Waals surface area contributed by atoms with Crippen LogP contribution < -0.4 is 10.1 Å². The third-order valence-electron chi connectivity index (χ3n) is 3.11. The van der Waals surface area contributed by atoms with E-state index in [-0.39, 0.29) is 10.6 Å². The monoisotopic (exact) mass is 365 g/mol. The van der Waals surface area contributed by atoms with Crippen molar-refractivity contribution >= 4 is 29.4 Å². The molecule has 0 radical (unpaired) electrons. The van der Waals surface area contributed by atoms with E-state index in [1.54, 1.807) is 12.1 Å². The number of ether oxygens (including phenoxy) is 2. The topological polar surface area (TPSA) is 81.7 Å². The van der Waals surface area contributed by atoms with Crippen LogP contribution >= 0.6 is 11.6 Å². The zero-order chi connectivity index (χ0) is 18.4. The first-order chi connectivity index (χ1) is 11.9. The van der Waals surface area contributed by atoms with Gasteiger partial charge < -0.3 is 9.47 Å². The summed E-state index contributed by atoms with van der Waals surface area (Å²) in [4.78, 5) is 35.4. The average molecular weight is 366 g/mol. The fourth-order valence-corrected chi connectivity index (χ4v) is 2.11.